The molecule has 0 unspecified atom stereocenters. The summed E-state index contributed by atoms with van der Waals surface area (Å²) >= 11 is 0. The van der Waals surface area contributed by atoms with Crippen LogP contribution in [0.5, 0.6) is 0 Å². The van der Waals surface area contributed by atoms with Crippen LogP contribution in [0.15, 0.2) is 30.6 Å². The summed E-state index contributed by atoms with van der Waals surface area (Å²) in [5.41, 5.74) is 4.95. The number of fused-ring (bicyclic) bond motifs is 1. The van der Waals surface area contributed by atoms with Crippen LogP contribution in [0.3, 0.4) is 0 Å². The van der Waals surface area contributed by atoms with Crippen LogP contribution in [0.25, 0.3) is 28.3 Å². The number of aromatic amines is 1. The van der Waals surface area contributed by atoms with E-state index < -0.39 is 0 Å². The molecule has 30 heavy (non-hydrogen) atoms. The van der Waals surface area contributed by atoms with Gasteiger partial charge in [0.15, 0.2) is 11.6 Å². The summed E-state index contributed by atoms with van der Waals surface area (Å²) in [6, 6.07) is 6.37. The van der Waals surface area contributed by atoms with Crippen molar-refractivity contribution < 1.29 is 4.74 Å². The quantitative estimate of drug-likeness (QED) is 0.561. The first-order valence-corrected chi connectivity index (χ1v) is 10.3. The van der Waals surface area contributed by atoms with Crippen molar-refractivity contribution in [3.63, 3.8) is 0 Å². The number of imidazole rings is 1. The maximum Gasteiger partial charge on any atom is 0.179 e. The Bertz CT molecular complexity index is 1170. The Morgan fingerprint density at radius 2 is 2.10 bits per heavy atom. The fourth-order valence-electron chi connectivity index (χ4n) is 4.11. The van der Waals surface area contributed by atoms with E-state index >= 15 is 0 Å². The summed E-state index contributed by atoms with van der Waals surface area (Å²) in [6.45, 7) is 8.66. The molecule has 5 heterocycles. The number of ether oxygens (including phenoxy) is 1. The minimum atomic E-state index is 0.235. The molecule has 9 heteroatoms. The van der Waals surface area contributed by atoms with Gasteiger partial charge in [0, 0.05) is 31.5 Å². The van der Waals surface area contributed by atoms with Crippen LogP contribution in [0.4, 0.5) is 5.82 Å². The number of H-pyrrole nitrogens is 1. The average Bonchev–Trinajstić information content (AvgIpc) is 3.47. The fourth-order valence-corrected chi connectivity index (χ4v) is 4.11. The third-order valence-corrected chi connectivity index (χ3v) is 5.66. The molecule has 4 aromatic rings. The average molecular weight is 406 g/mol. The smallest absolute Gasteiger partial charge is 0.179 e. The van der Waals surface area contributed by atoms with Gasteiger partial charge in [-0.05, 0) is 31.0 Å². The number of aryl methyl sites for hydroxylation is 1. The van der Waals surface area contributed by atoms with Crippen molar-refractivity contribution in [2.45, 2.75) is 32.7 Å². The van der Waals surface area contributed by atoms with E-state index in [1.165, 1.54) is 0 Å². The molecule has 1 N–H and O–H groups in total. The summed E-state index contributed by atoms with van der Waals surface area (Å²) in [5, 5.41) is 16.6. The Morgan fingerprint density at radius 3 is 2.77 bits per heavy atom. The molecule has 0 spiro atoms. The molecule has 0 bridgehead atoms. The van der Waals surface area contributed by atoms with E-state index in [0.29, 0.717) is 13.2 Å². The van der Waals surface area contributed by atoms with Crippen molar-refractivity contribution in [1.82, 2.24) is 34.6 Å². The van der Waals surface area contributed by atoms with Crippen LogP contribution in [-0.2, 0) is 11.8 Å². The lowest BCUT2D eigenvalue weighted by atomic mass is 10.0. The summed E-state index contributed by atoms with van der Waals surface area (Å²) in [4.78, 5) is 7.29. The van der Waals surface area contributed by atoms with Crippen LogP contribution in [-0.4, -0.2) is 60.4 Å². The molecule has 0 radical (unpaired) electrons. The summed E-state index contributed by atoms with van der Waals surface area (Å²) < 4.78 is 9.50. The maximum atomic E-state index is 5.64. The number of hydrogen-bond donors (Lipinski definition) is 1. The molecule has 1 atom stereocenters. The molecule has 0 aliphatic carbocycles. The lowest BCUT2D eigenvalue weighted by molar-refractivity contribution is 0.0984. The first-order chi connectivity index (χ1) is 14.5. The summed E-state index contributed by atoms with van der Waals surface area (Å²) in [7, 11) is 1.96. The molecular formula is C21H26N8O. The van der Waals surface area contributed by atoms with E-state index in [1.54, 1.807) is 6.20 Å². The van der Waals surface area contributed by atoms with E-state index in [2.05, 4.69) is 47.0 Å². The number of hydrogen-bond acceptors (Lipinski definition) is 6. The number of nitrogens with one attached hydrogen (secondary N) is 1. The van der Waals surface area contributed by atoms with Gasteiger partial charge >= 0.3 is 0 Å². The van der Waals surface area contributed by atoms with E-state index in [1.807, 2.05) is 34.6 Å². The second-order valence-electron chi connectivity index (χ2n) is 8.08. The second kappa shape index (κ2) is 7.24. The zero-order valence-corrected chi connectivity index (χ0v) is 17.7. The third kappa shape index (κ3) is 2.97. The fraction of sp³-hybridized carbons (Fsp3) is 0.429. The summed E-state index contributed by atoms with van der Waals surface area (Å²) in [5.74, 6) is 1.90. The van der Waals surface area contributed by atoms with Crippen LogP contribution >= 0.6 is 0 Å². The Hall–Kier alpha value is -3.20. The predicted molar refractivity (Wildman–Crippen MR) is 114 cm³/mol. The van der Waals surface area contributed by atoms with E-state index in [4.69, 9.17) is 14.8 Å². The van der Waals surface area contributed by atoms with Crippen LogP contribution in [0, 0.1) is 0 Å². The highest BCUT2D eigenvalue weighted by Gasteiger charge is 2.26. The monoisotopic (exact) mass is 406 g/mol. The molecule has 1 aliphatic rings. The molecular weight excluding hydrogens is 380 g/mol. The number of anilines is 1. The minimum Gasteiger partial charge on any atom is -0.377 e. The number of morpholine rings is 1. The first kappa shape index (κ1) is 18.8. The van der Waals surface area contributed by atoms with Gasteiger partial charge in [0.25, 0.3) is 0 Å². The number of rotatable bonds is 4. The largest absolute Gasteiger partial charge is 0.377 e. The van der Waals surface area contributed by atoms with Crippen molar-refractivity contribution in [2.24, 2.45) is 7.05 Å². The van der Waals surface area contributed by atoms with Gasteiger partial charge in [0.2, 0.25) is 0 Å². The topological polar surface area (TPSA) is 89.2 Å². The van der Waals surface area contributed by atoms with Crippen LogP contribution in [0.1, 0.15) is 32.4 Å². The van der Waals surface area contributed by atoms with Gasteiger partial charge in [-0.1, -0.05) is 13.8 Å². The first-order valence-electron chi connectivity index (χ1n) is 10.3. The van der Waals surface area contributed by atoms with Crippen molar-refractivity contribution in [3.8, 4) is 22.8 Å². The molecule has 0 amide bonds. The SMILES string of the molecule is CC(C)c1nc(-c2ccn[nH]2)n2nc(N3CCOC[C@H]3C)cc(-c3ccnn3C)c12. The lowest BCUT2D eigenvalue weighted by Gasteiger charge is -2.34. The highest BCUT2D eigenvalue weighted by molar-refractivity contribution is 5.84. The second-order valence-corrected chi connectivity index (χ2v) is 8.08. The molecule has 1 fully saturated rings. The van der Waals surface area contributed by atoms with Gasteiger partial charge in [0.05, 0.1) is 36.2 Å². The van der Waals surface area contributed by atoms with Crippen molar-refractivity contribution in [1.29, 1.82) is 0 Å². The van der Waals surface area contributed by atoms with Gasteiger partial charge in [-0.25, -0.2) is 9.50 Å². The Balaban J connectivity index is 1.84. The molecule has 0 saturated carbocycles. The Kier molecular flexibility index (Phi) is 4.54. The zero-order valence-electron chi connectivity index (χ0n) is 17.7. The van der Waals surface area contributed by atoms with Crippen molar-refractivity contribution in [2.75, 3.05) is 24.7 Å². The molecule has 4 aromatic heterocycles. The molecule has 0 aromatic carbocycles. The standard InChI is InChI=1S/C21H26N8O/c1-13(2)19-20-15(17-6-8-23-27(17)4)11-18(28-9-10-30-12-14(28)3)26-29(20)21(24-19)16-5-7-22-25-16/h5-8,11,13-14H,9-10,12H2,1-4H3,(H,22,25)/t14-/m1/s1. The number of aromatic nitrogens is 7. The Morgan fingerprint density at radius 1 is 1.23 bits per heavy atom. The van der Waals surface area contributed by atoms with Crippen LogP contribution < -0.4 is 4.90 Å². The zero-order chi connectivity index (χ0) is 20.8. The third-order valence-electron chi connectivity index (χ3n) is 5.66. The minimum absolute atomic E-state index is 0.235. The molecule has 1 aliphatic heterocycles. The number of nitrogens with zero attached hydrogens (tertiary/aromatic N) is 7. The van der Waals surface area contributed by atoms with Gasteiger partial charge in [-0.2, -0.15) is 10.2 Å². The Labute approximate surface area is 174 Å². The highest BCUT2D eigenvalue weighted by Crippen LogP contribution is 2.35. The molecule has 156 valence electrons. The van der Waals surface area contributed by atoms with Gasteiger partial charge in [-0.15, -0.1) is 5.10 Å². The van der Waals surface area contributed by atoms with Crippen molar-refractivity contribution >= 4 is 11.3 Å². The van der Waals surface area contributed by atoms with E-state index in [-0.39, 0.29) is 12.0 Å². The van der Waals surface area contributed by atoms with Crippen LogP contribution in [0.2, 0.25) is 0 Å². The van der Waals surface area contributed by atoms with Gasteiger partial charge in [0.1, 0.15) is 5.69 Å². The van der Waals surface area contributed by atoms with E-state index in [9.17, 15) is 0 Å². The van der Waals surface area contributed by atoms with Crippen molar-refractivity contribution in [3.05, 3.63) is 36.3 Å². The summed E-state index contributed by atoms with van der Waals surface area (Å²) in [6.07, 6.45) is 3.56. The molecule has 1 saturated heterocycles. The van der Waals surface area contributed by atoms with Gasteiger partial charge < -0.3 is 9.64 Å². The normalized spacial score (nSPS) is 17.4. The lowest BCUT2D eigenvalue weighted by Crippen LogP contribution is -2.44. The highest BCUT2D eigenvalue weighted by atomic mass is 16.5. The van der Waals surface area contributed by atoms with E-state index in [0.717, 1.165) is 46.3 Å². The molecule has 5 rings (SSSR count). The predicted octanol–water partition coefficient (Wildman–Crippen LogP) is 2.87. The van der Waals surface area contributed by atoms with Gasteiger partial charge in [-0.3, -0.25) is 9.78 Å². The maximum absolute atomic E-state index is 5.64. The molecule has 9 nitrogen and oxygen atoms in total.